The van der Waals surface area contributed by atoms with Crippen LogP contribution in [0.1, 0.15) is 0 Å². The SMILES string of the molecule is Fc1cncnc1N(Cl)c1ccccc1Cl. The molecule has 0 aliphatic rings. The van der Waals surface area contributed by atoms with E-state index in [-0.39, 0.29) is 5.82 Å². The average molecular weight is 258 g/mol. The van der Waals surface area contributed by atoms with Crippen molar-refractivity contribution in [1.82, 2.24) is 9.97 Å². The van der Waals surface area contributed by atoms with Crippen molar-refractivity contribution in [1.29, 1.82) is 0 Å². The molecular formula is C10H6Cl2FN3. The Morgan fingerprint density at radius 1 is 1.25 bits per heavy atom. The summed E-state index contributed by atoms with van der Waals surface area (Å²) in [7, 11) is 0. The summed E-state index contributed by atoms with van der Waals surface area (Å²) in [5.74, 6) is -0.651. The summed E-state index contributed by atoms with van der Waals surface area (Å²) in [6, 6.07) is 6.82. The number of rotatable bonds is 2. The third kappa shape index (κ3) is 2.08. The van der Waals surface area contributed by atoms with Crippen LogP contribution in [0.4, 0.5) is 15.9 Å². The average Bonchev–Trinajstić information content (AvgIpc) is 2.29. The van der Waals surface area contributed by atoms with Gasteiger partial charge in [0.05, 0.1) is 16.9 Å². The first-order chi connectivity index (χ1) is 7.70. The first-order valence-electron chi connectivity index (χ1n) is 4.36. The van der Waals surface area contributed by atoms with Crippen LogP contribution in [-0.2, 0) is 0 Å². The highest BCUT2D eigenvalue weighted by atomic mass is 35.5. The molecule has 82 valence electrons. The molecular weight excluding hydrogens is 252 g/mol. The zero-order valence-electron chi connectivity index (χ0n) is 7.94. The van der Waals surface area contributed by atoms with Crippen LogP contribution < -0.4 is 4.42 Å². The van der Waals surface area contributed by atoms with Crippen molar-refractivity contribution in [2.75, 3.05) is 4.42 Å². The molecule has 0 fully saturated rings. The quantitative estimate of drug-likeness (QED) is 0.771. The molecule has 0 N–H and O–H groups in total. The van der Waals surface area contributed by atoms with Crippen LogP contribution in [0.5, 0.6) is 0 Å². The maximum absolute atomic E-state index is 13.4. The van der Waals surface area contributed by atoms with Crippen LogP contribution in [0, 0.1) is 5.82 Å². The lowest BCUT2D eigenvalue weighted by Gasteiger charge is -2.15. The van der Waals surface area contributed by atoms with Gasteiger partial charge >= 0.3 is 0 Å². The van der Waals surface area contributed by atoms with Crippen LogP contribution >= 0.6 is 23.4 Å². The summed E-state index contributed by atoms with van der Waals surface area (Å²) in [6.45, 7) is 0. The number of benzene rings is 1. The highest BCUT2D eigenvalue weighted by Crippen LogP contribution is 2.32. The minimum absolute atomic E-state index is 0.0373. The Morgan fingerprint density at radius 2 is 2.00 bits per heavy atom. The van der Waals surface area contributed by atoms with Gasteiger partial charge < -0.3 is 0 Å². The van der Waals surface area contributed by atoms with Crippen molar-refractivity contribution in [3.8, 4) is 0 Å². The lowest BCUT2D eigenvalue weighted by Crippen LogP contribution is -2.07. The fourth-order valence-corrected chi connectivity index (χ4v) is 1.71. The normalized spacial score (nSPS) is 10.2. The standard InChI is InChI=1S/C10H6Cl2FN3/c11-7-3-1-2-4-9(7)16(12)10-8(13)5-14-6-15-10/h1-6H. The van der Waals surface area contributed by atoms with E-state index in [2.05, 4.69) is 9.97 Å². The maximum atomic E-state index is 13.4. The highest BCUT2D eigenvalue weighted by molar-refractivity contribution is 6.37. The third-order valence-corrected chi connectivity index (χ3v) is 2.56. The van der Waals surface area contributed by atoms with Crippen LogP contribution in [0.2, 0.25) is 5.02 Å². The topological polar surface area (TPSA) is 29.0 Å². The molecule has 0 radical (unpaired) electrons. The van der Waals surface area contributed by atoms with Crippen LogP contribution in [0.15, 0.2) is 36.8 Å². The van der Waals surface area contributed by atoms with E-state index in [9.17, 15) is 4.39 Å². The molecule has 2 rings (SSSR count). The Hall–Kier alpha value is -1.39. The van der Waals surface area contributed by atoms with E-state index < -0.39 is 5.82 Å². The smallest absolute Gasteiger partial charge is 0.187 e. The number of aromatic nitrogens is 2. The van der Waals surface area contributed by atoms with Gasteiger partial charge in [-0.1, -0.05) is 23.7 Å². The first-order valence-corrected chi connectivity index (χ1v) is 5.07. The van der Waals surface area contributed by atoms with Crippen LogP contribution in [0.3, 0.4) is 0 Å². The lowest BCUT2D eigenvalue weighted by molar-refractivity contribution is 0.616. The number of hydrogen-bond donors (Lipinski definition) is 0. The number of nitrogens with zero attached hydrogens (tertiary/aromatic N) is 3. The van der Waals surface area contributed by atoms with Gasteiger partial charge in [-0.05, 0) is 12.1 Å². The number of hydrogen-bond acceptors (Lipinski definition) is 3. The molecule has 1 aromatic heterocycles. The number of halogens is 3. The molecule has 16 heavy (non-hydrogen) atoms. The van der Waals surface area contributed by atoms with Gasteiger partial charge in [-0.15, -0.1) is 0 Å². The van der Waals surface area contributed by atoms with Gasteiger partial charge in [-0.3, -0.25) is 0 Å². The number of para-hydroxylation sites is 1. The van der Waals surface area contributed by atoms with Crippen molar-refractivity contribution in [2.45, 2.75) is 0 Å². The fraction of sp³-hybridized carbons (Fsp3) is 0. The molecule has 6 heteroatoms. The first kappa shape index (κ1) is 11.1. The van der Waals surface area contributed by atoms with Crippen molar-refractivity contribution in [3.05, 3.63) is 47.6 Å². The minimum atomic E-state index is -0.614. The zero-order valence-corrected chi connectivity index (χ0v) is 9.45. The summed E-state index contributed by atoms with van der Waals surface area (Å²) >= 11 is 11.9. The van der Waals surface area contributed by atoms with Crippen LogP contribution in [-0.4, -0.2) is 9.97 Å². The predicted octanol–water partition coefficient (Wildman–Crippen LogP) is 3.56. The summed E-state index contributed by atoms with van der Waals surface area (Å²) in [4.78, 5) is 7.28. The van der Waals surface area contributed by atoms with Gasteiger partial charge in [-0.2, -0.15) is 0 Å². The fourth-order valence-electron chi connectivity index (χ4n) is 1.18. The van der Waals surface area contributed by atoms with E-state index in [1.165, 1.54) is 6.33 Å². The molecule has 0 unspecified atom stereocenters. The molecule has 0 atom stereocenters. The van der Waals surface area contributed by atoms with Crippen molar-refractivity contribution < 1.29 is 4.39 Å². The van der Waals surface area contributed by atoms with Crippen molar-refractivity contribution >= 4 is 34.9 Å². The largest absolute Gasteiger partial charge is 0.242 e. The van der Waals surface area contributed by atoms with E-state index in [4.69, 9.17) is 23.4 Å². The Balaban J connectivity index is 2.44. The zero-order chi connectivity index (χ0) is 11.5. The number of anilines is 2. The predicted molar refractivity (Wildman–Crippen MR) is 61.4 cm³/mol. The van der Waals surface area contributed by atoms with Gasteiger partial charge in [-0.25, -0.2) is 18.8 Å². The van der Waals surface area contributed by atoms with Gasteiger partial charge in [0.1, 0.15) is 6.33 Å². The monoisotopic (exact) mass is 257 g/mol. The third-order valence-electron chi connectivity index (χ3n) is 1.90. The summed E-state index contributed by atoms with van der Waals surface area (Å²) in [5, 5.41) is 0.413. The van der Waals surface area contributed by atoms with E-state index in [1.807, 2.05) is 0 Å². The second kappa shape index (κ2) is 4.63. The second-order valence-corrected chi connectivity index (χ2v) is 3.67. The summed E-state index contributed by atoms with van der Waals surface area (Å²) in [5.41, 5.74) is 0.462. The molecule has 0 amide bonds. The van der Waals surface area contributed by atoms with E-state index in [0.717, 1.165) is 10.6 Å². The Morgan fingerprint density at radius 3 is 2.69 bits per heavy atom. The second-order valence-electron chi connectivity index (χ2n) is 2.93. The molecule has 3 nitrogen and oxygen atoms in total. The van der Waals surface area contributed by atoms with Gasteiger partial charge in [0.15, 0.2) is 11.6 Å². The van der Waals surface area contributed by atoms with E-state index >= 15 is 0 Å². The van der Waals surface area contributed by atoms with Crippen molar-refractivity contribution in [2.24, 2.45) is 0 Å². The molecule has 0 spiro atoms. The highest BCUT2D eigenvalue weighted by Gasteiger charge is 2.15. The van der Waals surface area contributed by atoms with Gasteiger partial charge in [0.25, 0.3) is 0 Å². The molecule has 0 bridgehead atoms. The minimum Gasteiger partial charge on any atom is -0.242 e. The van der Waals surface area contributed by atoms with E-state index in [1.54, 1.807) is 24.3 Å². The molecule has 0 aliphatic heterocycles. The van der Waals surface area contributed by atoms with Crippen molar-refractivity contribution in [3.63, 3.8) is 0 Å². The van der Waals surface area contributed by atoms with Crippen LogP contribution in [0.25, 0.3) is 0 Å². The lowest BCUT2D eigenvalue weighted by atomic mass is 10.3. The molecule has 0 aliphatic carbocycles. The molecule has 0 saturated carbocycles. The molecule has 1 aromatic carbocycles. The molecule has 0 saturated heterocycles. The Labute approximate surface area is 102 Å². The Kier molecular flexibility index (Phi) is 3.22. The molecule has 1 heterocycles. The van der Waals surface area contributed by atoms with E-state index in [0.29, 0.717) is 10.7 Å². The Bertz CT molecular complexity index is 461. The van der Waals surface area contributed by atoms with Gasteiger partial charge in [0.2, 0.25) is 0 Å². The summed E-state index contributed by atoms with van der Waals surface area (Å²) in [6.07, 6.45) is 2.25. The summed E-state index contributed by atoms with van der Waals surface area (Å²) < 4.78 is 14.4. The molecule has 2 aromatic rings. The maximum Gasteiger partial charge on any atom is 0.187 e. The van der Waals surface area contributed by atoms with Gasteiger partial charge in [0, 0.05) is 11.8 Å².